The molecule has 1 aliphatic rings. The molecule has 3 rings (SSSR count). The molecule has 84 valence electrons. The van der Waals surface area contributed by atoms with Gasteiger partial charge in [-0.1, -0.05) is 17.7 Å². The lowest BCUT2D eigenvalue weighted by Gasteiger charge is -2.02. The van der Waals surface area contributed by atoms with Crippen LogP contribution in [0.5, 0.6) is 0 Å². The van der Waals surface area contributed by atoms with Gasteiger partial charge < -0.3 is 0 Å². The van der Waals surface area contributed by atoms with Crippen LogP contribution in [0.1, 0.15) is 18.7 Å². The standard InChI is InChI=1S/C11H12ClN3S/c12-9-4-1-5-11-13-10(14-15(9)11)7-8-3-2-6-16-8/h1,4-5,8H,2-3,6-7H2. The number of fused-ring (bicyclic) bond motifs is 1. The van der Waals surface area contributed by atoms with Crippen molar-refractivity contribution >= 4 is 29.0 Å². The Kier molecular flexibility index (Phi) is 2.77. The SMILES string of the molecule is Clc1cccc2nc(CC3CCCS3)nn12. The number of thioether (sulfide) groups is 1. The van der Waals surface area contributed by atoms with Crippen molar-refractivity contribution in [3.05, 3.63) is 29.2 Å². The lowest BCUT2D eigenvalue weighted by atomic mass is 10.2. The van der Waals surface area contributed by atoms with Crippen molar-refractivity contribution < 1.29 is 0 Å². The van der Waals surface area contributed by atoms with Crippen LogP contribution in [0.25, 0.3) is 5.65 Å². The van der Waals surface area contributed by atoms with Crippen LogP contribution >= 0.6 is 23.4 Å². The first-order valence-electron chi connectivity index (χ1n) is 5.45. The summed E-state index contributed by atoms with van der Waals surface area (Å²) in [5, 5.41) is 5.75. The second-order valence-corrected chi connectivity index (χ2v) is 5.78. The molecule has 0 saturated carbocycles. The fourth-order valence-corrected chi connectivity index (χ4v) is 3.48. The van der Waals surface area contributed by atoms with Crippen LogP contribution < -0.4 is 0 Å². The Bertz CT molecular complexity index is 505. The molecule has 0 radical (unpaired) electrons. The zero-order chi connectivity index (χ0) is 11.0. The number of nitrogens with zero attached hydrogens (tertiary/aromatic N) is 3. The molecule has 1 saturated heterocycles. The molecule has 1 unspecified atom stereocenters. The molecular formula is C11H12ClN3S. The first-order chi connectivity index (χ1) is 7.83. The first-order valence-corrected chi connectivity index (χ1v) is 6.87. The molecule has 1 atom stereocenters. The Labute approximate surface area is 103 Å². The van der Waals surface area contributed by atoms with Crippen molar-refractivity contribution in [2.24, 2.45) is 0 Å². The van der Waals surface area contributed by atoms with E-state index in [4.69, 9.17) is 11.6 Å². The van der Waals surface area contributed by atoms with Crippen molar-refractivity contribution in [1.29, 1.82) is 0 Å². The largest absolute Gasteiger partial charge is 0.212 e. The van der Waals surface area contributed by atoms with Gasteiger partial charge >= 0.3 is 0 Å². The Morgan fingerprint density at radius 3 is 3.19 bits per heavy atom. The maximum Gasteiger partial charge on any atom is 0.157 e. The van der Waals surface area contributed by atoms with Crippen LogP contribution in [-0.4, -0.2) is 25.6 Å². The molecule has 0 spiro atoms. The molecule has 3 heterocycles. The van der Waals surface area contributed by atoms with Gasteiger partial charge in [0.05, 0.1) is 0 Å². The van der Waals surface area contributed by atoms with Crippen LogP contribution in [0.3, 0.4) is 0 Å². The first kappa shape index (κ1) is 10.4. The molecule has 2 aromatic heterocycles. The van der Waals surface area contributed by atoms with E-state index in [-0.39, 0.29) is 0 Å². The van der Waals surface area contributed by atoms with Gasteiger partial charge in [-0.2, -0.15) is 11.8 Å². The molecule has 0 bridgehead atoms. The van der Waals surface area contributed by atoms with Gasteiger partial charge in [0.1, 0.15) is 5.15 Å². The fraction of sp³-hybridized carbons (Fsp3) is 0.455. The second-order valence-electron chi connectivity index (χ2n) is 3.99. The van der Waals surface area contributed by atoms with Gasteiger partial charge in [-0.05, 0) is 30.7 Å². The molecule has 5 heteroatoms. The van der Waals surface area contributed by atoms with Gasteiger partial charge in [-0.3, -0.25) is 0 Å². The maximum absolute atomic E-state index is 6.04. The molecule has 3 nitrogen and oxygen atoms in total. The molecule has 16 heavy (non-hydrogen) atoms. The van der Waals surface area contributed by atoms with Crippen molar-refractivity contribution in [1.82, 2.24) is 14.6 Å². The van der Waals surface area contributed by atoms with Gasteiger partial charge in [0, 0.05) is 11.7 Å². The van der Waals surface area contributed by atoms with E-state index in [1.54, 1.807) is 4.52 Å². The Hall–Kier alpha value is -0.740. The lowest BCUT2D eigenvalue weighted by molar-refractivity contribution is 0.742. The molecule has 1 fully saturated rings. The van der Waals surface area contributed by atoms with E-state index in [9.17, 15) is 0 Å². The van der Waals surface area contributed by atoms with E-state index in [1.807, 2.05) is 30.0 Å². The van der Waals surface area contributed by atoms with Crippen LogP contribution in [-0.2, 0) is 6.42 Å². The van der Waals surface area contributed by atoms with Crippen molar-refractivity contribution in [2.45, 2.75) is 24.5 Å². The smallest absolute Gasteiger partial charge is 0.157 e. The minimum Gasteiger partial charge on any atom is -0.212 e. The van der Waals surface area contributed by atoms with E-state index in [0.29, 0.717) is 10.4 Å². The number of rotatable bonds is 2. The van der Waals surface area contributed by atoms with Gasteiger partial charge in [0.15, 0.2) is 11.5 Å². The second kappa shape index (κ2) is 4.26. The number of pyridine rings is 1. The molecular weight excluding hydrogens is 242 g/mol. The quantitative estimate of drug-likeness (QED) is 0.771. The van der Waals surface area contributed by atoms with Gasteiger partial charge in [-0.25, -0.2) is 9.50 Å². The predicted molar refractivity (Wildman–Crippen MR) is 67.2 cm³/mol. The number of halogens is 1. The van der Waals surface area contributed by atoms with Crippen LogP contribution in [0, 0.1) is 0 Å². The Morgan fingerprint density at radius 2 is 2.44 bits per heavy atom. The highest BCUT2D eigenvalue weighted by Gasteiger charge is 2.18. The predicted octanol–water partition coefficient (Wildman–Crippen LogP) is 2.82. The third-order valence-corrected chi connectivity index (χ3v) is 4.48. The van der Waals surface area contributed by atoms with E-state index < -0.39 is 0 Å². The zero-order valence-corrected chi connectivity index (χ0v) is 10.3. The summed E-state index contributed by atoms with van der Waals surface area (Å²) in [7, 11) is 0. The lowest BCUT2D eigenvalue weighted by Crippen LogP contribution is -2.03. The van der Waals surface area contributed by atoms with Gasteiger partial charge in [0.25, 0.3) is 0 Å². The molecule has 2 aromatic rings. The topological polar surface area (TPSA) is 30.2 Å². The molecule has 0 aromatic carbocycles. The highest BCUT2D eigenvalue weighted by molar-refractivity contribution is 8.00. The summed E-state index contributed by atoms with van der Waals surface area (Å²) in [4.78, 5) is 4.49. The van der Waals surface area contributed by atoms with Crippen molar-refractivity contribution in [3.63, 3.8) is 0 Å². The van der Waals surface area contributed by atoms with Gasteiger partial charge in [-0.15, -0.1) is 5.10 Å². The molecule has 0 amide bonds. The molecule has 0 aliphatic carbocycles. The maximum atomic E-state index is 6.04. The highest BCUT2D eigenvalue weighted by Crippen LogP contribution is 2.28. The molecule has 0 N–H and O–H groups in total. The highest BCUT2D eigenvalue weighted by atomic mass is 35.5. The third kappa shape index (κ3) is 1.92. The summed E-state index contributed by atoms with van der Waals surface area (Å²) in [5.41, 5.74) is 0.838. The van der Waals surface area contributed by atoms with E-state index >= 15 is 0 Å². The minimum absolute atomic E-state index is 0.621. The van der Waals surface area contributed by atoms with Crippen LogP contribution in [0.2, 0.25) is 5.15 Å². The van der Waals surface area contributed by atoms with Crippen LogP contribution in [0.15, 0.2) is 18.2 Å². The van der Waals surface area contributed by atoms with Crippen molar-refractivity contribution in [2.75, 3.05) is 5.75 Å². The molecule has 1 aliphatic heterocycles. The van der Waals surface area contributed by atoms with Gasteiger partial charge in [0.2, 0.25) is 0 Å². The number of hydrogen-bond acceptors (Lipinski definition) is 3. The summed E-state index contributed by atoms with van der Waals surface area (Å²) in [5.74, 6) is 2.19. The summed E-state index contributed by atoms with van der Waals surface area (Å²) in [6, 6.07) is 5.67. The minimum atomic E-state index is 0.621. The zero-order valence-electron chi connectivity index (χ0n) is 8.77. The van der Waals surface area contributed by atoms with Crippen LogP contribution in [0.4, 0.5) is 0 Å². The Balaban J connectivity index is 1.90. The average Bonchev–Trinajstić information content (AvgIpc) is 2.88. The normalized spacial score (nSPS) is 20.7. The van der Waals surface area contributed by atoms with E-state index in [0.717, 1.165) is 17.9 Å². The Morgan fingerprint density at radius 1 is 1.50 bits per heavy atom. The monoisotopic (exact) mass is 253 g/mol. The summed E-state index contributed by atoms with van der Waals surface area (Å²) < 4.78 is 1.70. The van der Waals surface area contributed by atoms with E-state index in [2.05, 4.69) is 10.1 Å². The summed E-state index contributed by atoms with van der Waals surface area (Å²) >= 11 is 8.07. The average molecular weight is 254 g/mol. The fourth-order valence-electron chi connectivity index (χ4n) is 2.01. The summed E-state index contributed by atoms with van der Waals surface area (Å²) in [6.07, 6.45) is 3.57. The van der Waals surface area contributed by atoms with Crippen molar-refractivity contribution in [3.8, 4) is 0 Å². The van der Waals surface area contributed by atoms with E-state index in [1.165, 1.54) is 18.6 Å². The summed E-state index contributed by atoms with van der Waals surface area (Å²) in [6.45, 7) is 0. The number of aromatic nitrogens is 3. The number of hydrogen-bond donors (Lipinski definition) is 0. The third-order valence-electron chi connectivity index (χ3n) is 2.79.